The van der Waals surface area contributed by atoms with Crippen LogP contribution in [0, 0.1) is 0 Å². The molecule has 1 aliphatic heterocycles. The van der Waals surface area contributed by atoms with Crippen LogP contribution in [-0.4, -0.2) is 102 Å². The van der Waals surface area contributed by atoms with Crippen LogP contribution in [0.5, 0.6) is 0 Å². The molecular formula is C15H27NO9S. The quantitative estimate of drug-likeness (QED) is 0.151. The molecule has 1 rings (SSSR count). The highest BCUT2D eigenvalue weighted by Gasteiger charge is 2.43. The number of rotatable bonds is 12. The zero-order chi connectivity index (χ0) is 19.5. The molecule has 5 N–H and O–H groups in total. The average molecular weight is 397 g/mol. The molecule has 0 aromatic heterocycles. The first-order chi connectivity index (χ1) is 12.4. The van der Waals surface area contributed by atoms with E-state index in [1.807, 2.05) is 0 Å². The van der Waals surface area contributed by atoms with Crippen molar-refractivity contribution in [2.24, 2.45) is 0 Å². The molecular weight excluding hydrogens is 370 g/mol. The minimum atomic E-state index is -1.48. The number of hydrogen-bond donors (Lipinski definition) is 6. The second kappa shape index (κ2) is 12.6. The molecule has 10 nitrogen and oxygen atoms in total. The maximum atomic E-state index is 11.7. The maximum Gasteiger partial charge on any atom is 0.246 e. The molecule has 1 fully saturated rings. The summed E-state index contributed by atoms with van der Waals surface area (Å²) < 4.78 is 15.6. The summed E-state index contributed by atoms with van der Waals surface area (Å²) in [5.74, 6) is -0.456. The highest BCUT2D eigenvalue weighted by molar-refractivity contribution is 7.96. The van der Waals surface area contributed by atoms with Gasteiger partial charge in [0.1, 0.15) is 37.1 Å². The summed E-state index contributed by atoms with van der Waals surface area (Å²) in [5, 5.41) is 40.5. The van der Waals surface area contributed by atoms with Gasteiger partial charge >= 0.3 is 0 Å². The predicted octanol–water partition coefficient (Wildman–Crippen LogP) is -2.79. The first-order valence-electron chi connectivity index (χ1n) is 8.31. The standard InChI is InChI=1S/C15H27NO9S/c17-7-10-14(21)15(22)13(20)9(25-10)6-16-11(18)8-24-5-4-23-3-1-2-12(19)26/h9-10,13-15,17,20-22H,1-8H2,(H,16,18)(H,19,26)/t9-,10+,13-,14-,15+/m0/s1. The lowest BCUT2D eigenvalue weighted by Gasteiger charge is -2.40. The van der Waals surface area contributed by atoms with E-state index in [4.69, 9.17) is 19.3 Å². The Balaban J connectivity index is 2.13. The Morgan fingerprint density at radius 2 is 1.65 bits per heavy atom. The number of carbonyl (C=O) groups is 2. The van der Waals surface area contributed by atoms with E-state index in [-0.39, 0.29) is 31.5 Å². The van der Waals surface area contributed by atoms with Crippen molar-refractivity contribution in [1.82, 2.24) is 5.32 Å². The number of thiol groups is 1. The fourth-order valence-corrected chi connectivity index (χ4v) is 2.48. The van der Waals surface area contributed by atoms with Gasteiger partial charge in [-0.05, 0) is 6.42 Å². The number of nitrogens with one attached hydrogen (secondary N) is 1. The summed E-state index contributed by atoms with van der Waals surface area (Å²) in [6.07, 6.45) is -5.38. The normalized spacial score (nSPS) is 28.7. The van der Waals surface area contributed by atoms with Crippen molar-refractivity contribution in [3.05, 3.63) is 0 Å². The summed E-state index contributed by atoms with van der Waals surface area (Å²) in [6, 6.07) is 0. The molecule has 5 atom stereocenters. The average Bonchev–Trinajstić information content (AvgIpc) is 2.61. The third-order valence-electron chi connectivity index (χ3n) is 3.78. The van der Waals surface area contributed by atoms with E-state index in [0.717, 1.165) is 0 Å². The molecule has 26 heavy (non-hydrogen) atoms. The lowest BCUT2D eigenvalue weighted by molar-refractivity contribution is -0.227. The first kappa shape index (κ1) is 23.2. The van der Waals surface area contributed by atoms with Crippen LogP contribution in [0.2, 0.25) is 0 Å². The van der Waals surface area contributed by atoms with E-state index >= 15 is 0 Å². The summed E-state index contributed by atoms with van der Waals surface area (Å²) in [4.78, 5) is 22.3. The maximum absolute atomic E-state index is 11.7. The van der Waals surface area contributed by atoms with Gasteiger partial charge in [-0.15, -0.1) is 12.6 Å². The molecule has 0 radical (unpaired) electrons. The van der Waals surface area contributed by atoms with Crippen LogP contribution in [0.3, 0.4) is 0 Å². The predicted molar refractivity (Wildman–Crippen MR) is 91.6 cm³/mol. The Labute approximate surface area is 156 Å². The highest BCUT2D eigenvalue weighted by Crippen LogP contribution is 2.20. The van der Waals surface area contributed by atoms with Gasteiger partial charge in [0.2, 0.25) is 5.91 Å². The summed E-state index contributed by atoms with van der Waals surface area (Å²) >= 11 is 3.64. The van der Waals surface area contributed by atoms with Crippen LogP contribution in [0.1, 0.15) is 12.8 Å². The molecule has 0 spiro atoms. The number of amides is 1. The van der Waals surface area contributed by atoms with Gasteiger partial charge in [-0.2, -0.15) is 0 Å². The Kier molecular flexibility index (Phi) is 11.2. The van der Waals surface area contributed by atoms with E-state index in [1.165, 1.54) is 0 Å². The fraction of sp³-hybridized carbons (Fsp3) is 0.867. The molecule has 0 bridgehead atoms. The summed E-state index contributed by atoms with van der Waals surface area (Å²) in [7, 11) is 0. The van der Waals surface area contributed by atoms with Crippen LogP contribution in [-0.2, 0) is 23.8 Å². The van der Waals surface area contributed by atoms with Gasteiger partial charge in [0.05, 0.1) is 19.8 Å². The molecule has 0 saturated carbocycles. The number of carbonyl (C=O) groups excluding carboxylic acids is 2. The molecule has 1 saturated heterocycles. The van der Waals surface area contributed by atoms with Crippen molar-refractivity contribution in [3.8, 4) is 0 Å². The minimum absolute atomic E-state index is 0.113. The molecule has 152 valence electrons. The first-order valence-corrected chi connectivity index (χ1v) is 8.76. The monoisotopic (exact) mass is 397 g/mol. The molecule has 1 amide bonds. The van der Waals surface area contributed by atoms with Crippen molar-refractivity contribution in [3.63, 3.8) is 0 Å². The van der Waals surface area contributed by atoms with E-state index in [0.29, 0.717) is 19.4 Å². The molecule has 1 aliphatic rings. The van der Waals surface area contributed by atoms with E-state index < -0.39 is 43.0 Å². The molecule has 11 heteroatoms. The topological polar surface area (TPSA) is 155 Å². The Hall–Kier alpha value is -0.790. The van der Waals surface area contributed by atoms with Gasteiger partial charge in [0.25, 0.3) is 0 Å². The van der Waals surface area contributed by atoms with Crippen LogP contribution in [0.4, 0.5) is 0 Å². The van der Waals surface area contributed by atoms with E-state index in [9.17, 15) is 24.9 Å². The van der Waals surface area contributed by atoms with Crippen molar-refractivity contribution in [1.29, 1.82) is 0 Å². The van der Waals surface area contributed by atoms with E-state index in [2.05, 4.69) is 17.9 Å². The SMILES string of the molecule is O=C(S)CCCOCCOCC(=O)NC[C@@H]1O[C@H](CO)[C@H](O)[C@H](O)[C@H]1O. The molecule has 0 aromatic carbocycles. The summed E-state index contributed by atoms with van der Waals surface area (Å²) in [5.41, 5.74) is 0. The van der Waals surface area contributed by atoms with Gasteiger partial charge in [-0.3, -0.25) is 9.59 Å². The number of hydrogen-bond acceptors (Lipinski definition) is 9. The zero-order valence-electron chi connectivity index (χ0n) is 14.3. The third-order valence-corrected chi connectivity index (χ3v) is 4.00. The van der Waals surface area contributed by atoms with Gasteiger partial charge in [-0.25, -0.2) is 0 Å². The van der Waals surface area contributed by atoms with E-state index in [1.54, 1.807) is 0 Å². The Bertz CT molecular complexity index is 437. The van der Waals surface area contributed by atoms with Crippen molar-refractivity contribution in [2.45, 2.75) is 43.4 Å². The Morgan fingerprint density at radius 1 is 1.00 bits per heavy atom. The number of ether oxygens (including phenoxy) is 3. The zero-order valence-corrected chi connectivity index (χ0v) is 15.2. The van der Waals surface area contributed by atoms with Crippen molar-refractivity contribution < 1.29 is 44.2 Å². The minimum Gasteiger partial charge on any atom is -0.394 e. The van der Waals surface area contributed by atoms with Crippen LogP contribution < -0.4 is 5.32 Å². The van der Waals surface area contributed by atoms with Gasteiger partial charge < -0.3 is 40.0 Å². The molecule has 0 aliphatic carbocycles. The Morgan fingerprint density at radius 3 is 2.31 bits per heavy atom. The van der Waals surface area contributed by atoms with Gasteiger partial charge in [-0.1, -0.05) is 0 Å². The molecule has 0 unspecified atom stereocenters. The van der Waals surface area contributed by atoms with Crippen LogP contribution in [0.15, 0.2) is 0 Å². The lowest BCUT2D eigenvalue weighted by Crippen LogP contribution is -2.60. The van der Waals surface area contributed by atoms with Crippen LogP contribution in [0.25, 0.3) is 0 Å². The number of aliphatic hydroxyl groups is 4. The van der Waals surface area contributed by atoms with Crippen molar-refractivity contribution in [2.75, 3.05) is 39.6 Å². The van der Waals surface area contributed by atoms with Crippen molar-refractivity contribution >= 4 is 23.7 Å². The third kappa shape index (κ3) is 8.27. The number of aliphatic hydroxyl groups excluding tert-OH is 4. The summed E-state index contributed by atoms with van der Waals surface area (Å²) in [6.45, 7) is 0.0104. The smallest absolute Gasteiger partial charge is 0.246 e. The second-order valence-electron chi connectivity index (χ2n) is 5.83. The van der Waals surface area contributed by atoms with Gasteiger partial charge in [0.15, 0.2) is 5.12 Å². The van der Waals surface area contributed by atoms with Gasteiger partial charge in [0, 0.05) is 19.6 Å². The van der Waals surface area contributed by atoms with Crippen LogP contribution >= 0.6 is 12.6 Å². The highest BCUT2D eigenvalue weighted by atomic mass is 32.1. The second-order valence-corrected chi connectivity index (χ2v) is 6.33. The lowest BCUT2D eigenvalue weighted by atomic mass is 9.95. The largest absolute Gasteiger partial charge is 0.394 e. The molecule has 0 aromatic rings. The molecule has 1 heterocycles. The fourth-order valence-electron chi connectivity index (χ4n) is 2.32.